The summed E-state index contributed by atoms with van der Waals surface area (Å²) in [5, 5.41) is 20.9. The number of hydrogen-bond acceptors (Lipinski definition) is 6. The van der Waals surface area contributed by atoms with Crippen molar-refractivity contribution in [3.63, 3.8) is 0 Å². The number of thioether (sulfide) groups is 1. The van der Waals surface area contributed by atoms with Crippen molar-refractivity contribution < 1.29 is 24.5 Å². The van der Waals surface area contributed by atoms with Gasteiger partial charge in [0.2, 0.25) is 0 Å². The normalized spacial score (nSPS) is 16.5. The first-order valence-corrected chi connectivity index (χ1v) is 11.2. The van der Waals surface area contributed by atoms with Gasteiger partial charge in [-0.3, -0.25) is 9.69 Å². The fourth-order valence-corrected chi connectivity index (χ4v) is 4.10. The van der Waals surface area contributed by atoms with Gasteiger partial charge in [0.05, 0.1) is 19.3 Å². The van der Waals surface area contributed by atoms with Gasteiger partial charge in [0, 0.05) is 35.8 Å². The Morgan fingerprint density at radius 3 is 2.26 bits per heavy atom. The second-order valence-corrected chi connectivity index (χ2v) is 8.60. The Morgan fingerprint density at radius 2 is 1.68 bits per heavy atom. The highest BCUT2D eigenvalue weighted by Gasteiger charge is 2.25. The average Bonchev–Trinajstić information content (AvgIpc) is 2.77. The van der Waals surface area contributed by atoms with Crippen LogP contribution in [0.5, 0.6) is 0 Å². The molecule has 1 fully saturated rings. The van der Waals surface area contributed by atoms with Gasteiger partial charge in [-0.2, -0.15) is 0 Å². The van der Waals surface area contributed by atoms with Crippen LogP contribution in [0.25, 0.3) is 0 Å². The van der Waals surface area contributed by atoms with E-state index in [1.165, 1.54) is 18.1 Å². The molecule has 0 bridgehead atoms. The number of aliphatic hydroxyl groups excluding tert-OH is 1. The van der Waals surface area contributed by atoms with Crippen molar-refractivity contribution in [1.82, 2.24) is 10.2 Å². The van der Waals surface area contributed by atoms with Crippen LogP contribution in [0.3, 0.4) is 0 Å². The number of carbonyl (C=O) groups is 2. The summed E-state index contributed by atoms with van der Waals surface area (Å²) in [6.45, 7) is 5.82. The van der Waals surface area contributed by atoms with Gasteiger partial charge < -0.3 is 20.3 Å². The Balaban J connectivity index is 1.49. The fourth-order valence-electron chi connectivity index (χ4n) is 3.24. The molecule has 1 saturated heterocycles. The highest BCUT2D eigenvalue weighted by atomic mass is 32.2. The molecule has 2 aromatic carbocycles. The van der Waals surface area contributed by atoms with Crippen molar-refractivity contribution in [3.8, 4) is 0 Å². The molecule has 0 spiro atoms. The minimum absolute atomic E-state index is 0.351. The maximum absolute atomic E-state index is 12.2. The zero-order valence-electron chi connectivity index (χ0n) is 17.5. The van der Waals surface area contributed by atoms with Gasteiger partial charge in [-0.1, -0.05) is 24.3 Å². The summed E-state index contributed by atoms with van der Waals surface area (Å²) >= 11 is 1.67. The number of rotatable bonds is 9. The minimum atomic E-state index is -1.34. The fraction of sp³-hybridized carbons (Fsp3) is 0.391. The molecular formula is C23H28N2O5S. The molecule has 1 amide bonds. The smallest absolute Gasteiger partial charge is 0.328 e. The largest absolute Gasteiger partial charge is 0.480 e. The number of amides is 1. The quantitative estimate of drug-likeness (QED) is 0.511. The molecular weight excluding hydrogens is 416 g/mol. The van der Waals surface area contributed by atoms with Crippen LogP contribution in [-0.4, -0.2) is 65.4 Å². The number of nitrogens with zero attached hydrogens (tertiary/aromatic N) is 1. The van der Waals surface area contributed by atoms with E-state index in [0.29, 0.717) is 5.56 Å². The third-order valence-electron chi connectivity index (χ3n) is 5.09. The number of aliphatic hydroxyl groups is 1. The molecule has 1 aliphatic heterocycles. The zero-order valence-corrected chi connectivity index (χ0v) is 18.3. The monoisotopic (exact) mass is 444 g/mol. The van der Waals surface area contributed by atoms with Gasteiger partial charge in [0.1, 0.15) is 0 Å². The lowest BCUT2D eigenvalue weighted by Gasteiger charge is -2.26. The van der Waals surface area contributed by atoms with Crippen LogP contribution in [-0.2, 0) is 21.8 Å². The Kier molecular flexibility index (Phi) is 8.48. The predicted molar refractivity (Wildman–Crippen MR) is 119 cm³/mol. The second-order valence-electron chi connectivity index (χ2n) is 7.55. The third kappa shape index (κ3) is 7.07. The van der Waals surface area contributed by atoms with Crippen LogP contribution >= 0.6 is 11.8 Å². The molecule has 3 rings (SSSR count). The van der Waals surface area contributed by atoms with E-state index in [1.807, 2.05) is 12.1 Å². The summed E-state index contributed by atoms with van der Waals surface area (Å²) in [7, 11) is 0. The molecule has 2 atom stereocenters. The number of hydrogen-bond donors (Lipinski definition) is 3. The molecule has 0 unspecified atom stereocenters. The van der Waals surface area contributed by atoms with Crippen molar-refractivity contribution in [2.45, 2.75) is 36.3 Å². The summed E-state index contributed by atoms with van der Waals surface area (Å²) in [6.07, 6.45) is -1.18. The van der Waals surface area contributed by atoms with E-state index in [0.717, 1.165) is 43.5 Å². The molecule has 0 radical (unpaired) electrons. The Bertz CT molecular complexity index is 865. The average molecular weight is 445 g/mol. The summed E-state index contributed by atoms with van der Waals surface area (Å²) in [4.78, 5) is 26.8. The van der Waals surface area contributed by atoms with Gasteiger partial charge in [-0.05, 0) is 42.3 Å². The molecule has 3 N–H and O–H groups in total. The number of morpholine rings is 1. The van der Waals surface area contributed by atoms with E-state index in [2.05, 4.69) is 34.5 Å². The number of nitrogens with one attached hydrogen (secondary N) is 1. The first kappa shape index (κ1) is 23.3. The van der Waals surface area contributed by atoms with E-state index >= 15 is 0 Å². The molecule has 1 heterocycles. The third-order valence-corrected chi connectivity index (χ3v) is 6.17. The summed E-state index contributed by atoms with van der Waals surface area (Å²) in [6, 6.07) is 14.3. The first-order chi connectivity index (χ1) is 14.9. The molecule has 2 aromatic rings. The highest BCUT2D eigenvalue weighted by Crippen LogP contribution is 2.23. The zero-order chi connectivity index (χ0) is 22.2. The highest BCUT2D eigenvalue weighted by molar-refractivity contribution is 7.98. The lowest BCUT2D eigenvalue weighted by molar-refractivity contribution is -0.141. The second kappa shape index (κ2) is 11.3. The van der Waals surface area contributed by atoms with Gasteiger partial charge >= 0.3 is 5.97 Å². The lowest BCUT2D eigenvalue weighted by atomic mass is 10.1. The van der Waals surface area contributed by atoms with E-state index in [4.69, 9.17) is 9.84 Å². The number of ether oxygens (including phenoxy) is 1. The molecule has 166 valence electrons. The maximum Gasteiger partial charge on any atom is 0.328 e. The van der Waals surface area contributed by atoms with Gasteiger partial charge in [0.15, 0.2) is 6.04 Å². The number of carbonyl (C=O) groups excluding carboxylic acids is 1. The van der Waals surface area contributed by atoms with Crippen molar-refractivity contribution >= 4 is 23.6 Å². The molecule has 0 aromatic heterocycles. The van der Waals surface area contributed by atoms with Crippen molar-refractivity contribution in [3.05, 3.63) is 65.2 Å². The SMILES string of the molecule is C[C@@H](O)[C@H](NC(=O)c1ccc(SCc2ccc(CN3CCOCC3)cc2)cc1)C(=O)O. The van der Waals surface area contributed by atoms with Crippen molar-refractivity contribution in [2.75, 3.05) is 26.3 Å². The Hall–Kier alpha value is -2.39. The summed E-state index contributed by atoms with van der Waals surface area (Å²) in [5.74, 6) is -0.987. The number of carboxylic acids is 1. The molecule has 0 saturated carbocycles. The van der Waals surface area contributed by atoms with E-state index in [9.17, 15) is 14.7 Å². The summed E-state index contributed by atoms with van der Waals surface area (Å²) < 4.78 is 5.39. The van der Waals surface area contributed by atoms with Crippen molar-refractivity contribution in [1.29, 1.82) is 0 Å². The molecule has 0 aliphatic carbocycles. The molecule has 8 heteroatoms. The number of benzene rings is 2. The van der Waals surface area contributed by atoms with Gasteiger partial charge in [0.25, 0.3) is 5.91 Å². The van der Waals surface area contributed by atoms with Crippen LogP contribution < -0.4 is 5.32 Å². The number of aliphatic carboxylic acids is 1. The van der Waals surface area contributed by atoms with Crippen LogP contribution in [0, 0.1) is 0 Å². The van der Waals surface area contributed by atoms with Crippen molar-refractivity contribution in [2.24, 2.45) is 0 Å². The predicted octanol–water partition coefficient (Wildman–Crippen LogP) is 2.37. The van der Waals surface area contributed by atoms with Crippen LogP contribution in [0.15, 0.2) is 53.4 Å². The standard InChI is InChI=1S/C23H28N2O5S/c1-16(26)21(23(28)29)24-22(27)19-6-8-20(9-7-19)31-15-18-4-2-17(3-5-18)14-25-10-12-30-13-11-25/h2-9,16,21,26H,10-15H2,1H3,(H,24,27)(H,28,29)/t16-,21+/m1/s1. The first-order valence-electron chi connectivity index (χ1n) is 10.2. The molecule has 31 heavy (non-hydrogen) atoms. The number of carboxylic acid groups (broad SMARTS) is 1. The van der Waals surface area contributed by atoms with Crippen LogP contribution in [0.4, 0.5) is 0 Å². The molecule has 1 aliphatic rings. The maximum atomic E-state index is 12.2. The topological polar surface area (TPSA) is 99.1 Å². The van der Waals surface area contributed by atoms with Gasteiger partial charge in [-0.25, -0.2) is 4.79 Å². The Morgan fingerprint density at radius 1 is 1.06 bits per heavy atom. The van der Waals surface area contributed by atoms with E-state index in [1.54, 1.807) is 23.9 Å². The van der Waals surface area contributed by atoms with Crippen LogP contribution in [0.2, 0.25) is 0 Å². The Labute approximate surface area is 186 Å². The van der Waals surface area contributed by atoms with E-state index in [-0.39, 0.29) is 0 Å². The van der Waals surface area contributed by atoms with Gasteiger partial charge in [-0.15, -0.1) is 11.8 Å². The van der Waals surface area contributed by atoms with Crippen LogP contribution in [0.1, 0.15) is 28.4 Å². The lowest BCUT2D eigenvalue weighted by Crippen LogP contribution is -2.47. The minimum Gasteiger partial charge on any atom is -0.480 e. The molecule has 7 nitrogen and oxygen atoms in total. The summed E-state index contributed by atoms with van der Waals surface area (Å²) in [5.41, 5.74) is 2.87. The van der Waals surface area contributed by atoms with E-state index < -0.39 is 24.0 Å².